The lowest BCUT2D eigenvalue weighted by molar-refractivity contribution is -0.362. The maximum atomic E-state index is 13.2. The monoisotopic (exact) mass is 322 g/mol. The highest BCUT2D eigenvalue weighted by Gasteiger charge is 2.78. The minimum Gasteiger partial charge on any atom is -0.376 e. The number of alkyl halides is 1. The average Bonchev–Trinajstić information content (AvgIpc) is 2.44. The Labute approximate surface area is 125 Å². The van der Waals surface area contributed by atoms with Gasteiger partial charge in [0.25, 0.3) is 0 Å². The highest BCUT2D eigenvalue weighted by molar-refractivity contribution is 6.05. The summed E-state index contributed by atoms with van der Waals surface area (Å²) in [6.07, 6.45) is -3.97. The van der Waals surface area contributed by atoms with Crippen molar-refractivity contribution in [3.8, 4) is 0 Å². The average molecular weight is 322 g/mol. The quantitative estimate of drug-likeness (QED) is 0.545. The van der Waals surface area contributed by atoms with Crippen LogP contribution in [0.2, 0.25) is 0 Å². The summed E-state index contributed by atoms with van der Waals surface area (Å²) >= 11 is 0. The Morgan fingerprint density at radius 3 is 1.77 bits per heavy atom. The zero-order valence-corrected chi connectivity index (χ0v) is 12.6. The lowest BCUT2D eigenvalue weighted by Crippen LogP contribution is -2.86. The van der Waals surface area contributed by atoms with Crippen LogP contribution in [0.4, 0.5) is 4.39 Å². The van der Waals surface area contributed by atoms with E-state index in [0.717, 1.165) is 27.9 Å². The first-order chi connectivity index (χ1) is 9.95. The molecule has 1 aliphatic rings. The maximum Gasteiger partial charge on any atom is 0.213 e. The number of ketones is 3. The van der Waals surface area contributed by atoms with Crippen LogP contribution in [0.5, 0.6) is 0 Å². The zero-order valence-electron chi connectivity index (χ0n) is 12.6. The number of rotatable bonds is 5. The third-order valence-electron chi connectivity index (χ3n) is 4.14. The molecule has 3 N–H and O–H groups in total. The molecule has 22 heavy (non-hydrogen) atoms. The van der Waals surface area contributed by atoms with E-state index in [1.54, 1.807) is 0 Å². The van der Waals surface area contributed by atoms with E-state index in [4.69, 9.17) is 9.47 Å². The van der Waals surface area contributed by atoms with Crippen molar-refractivity contribution in [3.63, 3.8) is 0 Å². The standard InChI is InChI=1S/C13H19FO8/c1-6(15)11(18)9(5-14)22-10(21-4)12(19,7(2)16)13(11,20)8(3)17/h9-10,18-20H,5H2,1-4H3/t9-,10+,11+,12+,13+/m1/s1. The fraction of sp³-hybridized carbons (Fsp3) is 0.769. The molecular formula is C13H19FO8. The summed E-state index contributed by atoms with van der Waals surface area (Å²) in [5.74, 6) is -3.76. The summed E-state index contributed by atoms with van der Waals surface area (Å²) in [4.78, 5) is 35.7. The van der Waals surface area contributed by atoms with Crippen molar-refractivity contribution in [1.82, 2.24) is 0 Å². The van der Waals surface area contributed by atoms with Gasteiger partial charge in [0, 0.05) is 7.11 Å². The maximum absolute atomic E-state index is 13.2. The molecule has 0 spiro atoms. The molecule has 5 atom stereocenters. The number of methoxy groups -OCH3 is 1. The van der Waals surface area contributed by atoms with Crippen LogP contribution < -0.4 is 0 Å². The van der Waals surface area contributed by atoms with Crippen LogP contribution in [-0.2, 0) is 23.9 Å². The van der Waals surface area contributed by atoms with E-state index in [0.29, 0.717) is 0 Å². The number of carbonyl (C=O) groups is 3. The second-order valence-electron chi connectivity index (χ2n) is 5.26. The highest BCUT2D eigenvalue weighted by Crippen LogP contribution is 2.46. The minimum absolute atomic E-state index is 0.745. The normalized spacial score (nSPS) is 42.0. The fourth-order valence-electron chi connectivity index (χ4n) is 2.85. The van der Waals surface area contributed by atoms with Gasteiger partial charge in [0.1, 0.15) is 12.8 Å². The number of carbonyl (C=O) groups excluding carboxylic acids is 3. The minimum atomic E-state index is -3.34. The summed E-state index contributed by atoms with van der Waals surface area (Å²) < 4.78 is 22.9. The van der Waals surface area contributed by atoms with E-state index < -0.39 is 53.2 Å². The van der Waals surface area contributed by atoms with E-state index in [1.807, 2.05) is 0 Å². The molecule has 1 aliphatic heterocycles. The van der Waals surface area contributed by atoms with Crippen LogP contribution in [0.15, 0.2) is 0 Å². The molecule has 0 aliphatic carbocycles. The van der Waals surface area contributed by atoms with E-state index in [9.17, 15) is 34.1 Å². The Kier molecular flexibility index (Phi) is 4.91. The fourth-order valence-corrected chi connectivity index (χ4v) is 2.85. The Morgan fingerprint density at radius 1 is 1.05 bits per heavy atom. The molecule has 0 aromatic heterocycles. The molecule has 0 bridgehead atoms. The van der Waals surface area contributed by atoms with Gasteiger partial charge in [-0.25, -0.2) is 4.39 Å². The van der Waals surface area contributed by atoms with Gasteiger partial charge in [-0.3, -0.25) is 14.4 Å². The Balaban J connectivity index is 3.81. The Morgan fingerprint density at radius 2 is 1.50 bits per heavy atom. The van der Waals surface area contributed by atoms with Gasteiger partial charge in [-0.2, -0.15) is 0 Å². The van der Waals surface area contributed by atoms with Gasteiger partial charge in [-0.05, 0) is 20.8 Å². The molecule has 0 aromatic rings. The Hall–Kier alpha value is -1.26. The molecule has 8 nitrogen and oxygen atoms in total. The summed E-state index contributed by atoms with van der Waals surface area (Å²) in [5, 5.41) is 31.8. The van der Waals surface area contributed by atoms with Gasteiger partial charge in [0.15, 0.2) is 29.2 Å². The Bertz CT molecular complexity index is 472. The van der Waals surface area contributed by atoms with Crippen LogP contribution in [0.1, 0.15) is 20.8 Å². The summed E-state index contributed by atoms with van der Waals surface area (Å²) in [6.45, 7) is 0.849. The SMILES string of the molecule is CO[C@H]1O[C@H](CF)[C@@](O)(C(C)=O)[C@@](O)(C(C)=O)[C@]1(O)C(C)=O. The van der Waals surface area contributed by atoms with Crippen LogP contribution in [-0.4, -0.2) is 75.7 Å². The third kappa shape index (κ3) is 1.97. The lowest BCUT2D eigenvalue weighted by Gasteiger charge is -2.56. The van der Waals surface area contributed by atoms with Gasteiger partial charge in [0.2, 0.25) is 11.2 Å². The molecule has 1 heterocycles. The molecule has 1 rings (SSSR count). The second kappa shape index (κ2) is 5.74. The molecular weight excluding hydrogens is 303 g/mol. The smallest absolute Gasteiger partial charge is 0.213 e. The largest absolute Gasteiger partial charge is 0.376 e. The van der Waals surface area contributed by atoms with Gasteiger partial charge < -0.3 is 24.8 Å². The topological polar surface area (TPSA) is 130 Å². The molecule has 0 radical (unpaired) electrons. The number of hydrogen-bond donors (Lipinski definition) is 3. The van der Waals surface area contributed by atoms with E-state index in [1.165, 1.54) is 0 Å². The molecule has 0 aromatic carbocycles. The van der Waals surface area contributed by atoms with Crippen molar-refractivity contribution in [2.75, 3.05) is 13.8 Å². The van der Waals surface area contributed by atoms with Crippen molar-refractivity contribution in [1.29, 1.82) is 0 Å². The number of ether oxygens (including phenoxy) is 2. The molecule has 0 saturated carbocycles. The van der Waals surface area contributed by atoms with Crippen molar-refractivity contribution in [2.45, 2.75) is 50.0 Å². The first-order valence-corrected chi connectivity index (χ1v) is 6.40. The summed E-state index contributed by atoms with van der Waals surface area (Å²) in [5.41, 5.74) is -9.60. The molecule has 0 amide bonds. The van der Waals surface area contributed by atoms with E-state index in [2.05, 4.69) is 0 Å². The molecule has 0 unspecified atom stereocenters. The van der Waals surface area contributed by atoms with Gasteiger partial charge in [0.05, 0.1) is 0 Å². The first kappa shape index (κ1) is 18.8. The van der Waals surface area contributed by atoms with E-state index in [-0.39, 0.29) is 0 Å². The van der Waals surface area contributed by atoms with Gasteiger partial charge in [-0.1, -0.05) is 0 Å². The highest BCUT2D eigenvalue weighted by atomic mass is 19.1. The zero-order chi connectivity index (χ0) is 17.5. The number of hydrogen-bond acceptors (Lipinski definition) is 8. The predicted molar refractivity (Wildman–Crippen MR) is 68.5 cm³/mol. The third-order valence-corrected chi connectivity index (χ3v) is 4.14. The number of halogens is 1. The van der Waals surface area contributed by atoms with Crippen molar-refractivity contribution in [3.05, 3.63) is 0 Å². The van der Waals surface area contributed by atoms with Crippen LogP contribution in [0.3, 0.4) is 0 Å². The second-order valence-corrected chi connectivity index (χ2v) is 5.26. The lowest BCUT2D eigenvalue weighted by atomic mass is 9.61. The predicted octanol–water partition coefficient (Wildman–Crippen LogP) is -1.71. The number of aliphatic hydroxyl groups is 3. The van der Waals surface area contributed by atoms with E-state index >= 15 is 0 Å². The number of Topliss-reactive ketones (excluding diaryl/α,β-unsaturated/α-hetero) is 3. The molecule has 126 valence electrons. The first-order valence-electron chi connectivity index (χ1n) is 6.40. The van der Waals surface area contributed by atoms with Crippen LogP contribution >= 0.6 is 0 Å². The molecule has 9 heteroatoms. The van der Waals surface area contributed by atoms with Gasteiger partial charge >= 0.3 is 0 Å². The van der Waals surface area contributed by atoms with Crippen LogP contribution in [0, 0.1) is 0 Å². The summed E-state index contributed by atoms with van der Waals surface area (Å²) in [6, 6.07) is 0. The summed E-state index contributed by atoms with van der Waals surface area (Å²) in [7, 11) is 0.979. The molecule has 1 saturated heterocycles. The van der Waals surface area contributed by atoms with Gasteiger partial charge in [-0.15, -0.1) is 0 Å². The van der Waals surface area contributed by atoms with Crippen molar-refractivity contribution >= 4 is 17.3 Å². The molecule has 1 fully saturated rings. The van der Waals surface area contributed by atoms with Crippen molar-refractivity contribution in [2.24, 2.45) is 0 Å². The van der Waals surface area contributed by atoms with Crippen LogP contribution in [0.25, 0.3) is 0 Å². The van der Waals surface area contributed by atoms with Crippen molar-refractivity contribution < 1.29 is 43.6 Å².